The molecule has 0 fully saturated rings. The predicted molar refractivity (Wildman–Crippen MR) is 102 cm³/mol. The van der Waals surface area contributed by atoms with Crippen molar-refractivity contribution in [2.24, 2.45) is 0 Å². The molecule has 0 aromatic heterocycles. The molecule has 0 aliphatic carbocycles. The van der Waals surface area contributed by atoms with Crippen molar-refractivity contribution in [3.8, 4) is 11.1 Å². The number of carbonyl (C=O) groups is 2. The van der Waals surface area contributed by atoms with E-state index in [1.165, 1.54) is 7.11 Å². The number of halogens is 1. The summed E-state index contributed by atoms with van der Waals surface area (Å²) in [6.45, 7) is 2.04. The van der Waals surface area contributed by atoms with Crippen molar-refractivity contribution in [1.29, 1.82) is 0 Å². The molecule has 25 heavy (non-hydrogen) atoms. The van der Waals surface area contributed by atoms with E-state index in [0.717, 1.165) is 28.4 Å². The first-order chi connectivity index (χ1) is 12.1. The Morgan fingerprint density at radius 3 is 2.52 bits per heavy atom. The van der Waals surface area contributed by atoms with Crippen LogP contribution in [0.1, 0.15) is 36.5 Å². The molecule has 0 heterocycles. The van der Waals surface area contributed by atoms with Crippen LogP contribution in [0.25, 0.3) is 11.1 Å². The van der Waals surface area contributed by atoms with E-state index in [-0.39, 0.29) is 5.91 Å². The molecule has 0 unspecified atom stereocenters. The van der Waals surface area contributed by atoms with E-state index in [9.17, 15) is 9.59 Å². The fourth-order valence-corrected chi connectivity index (χ4v) is 2.97. The zero-order chi connectivity index (χ0) is 18.2. The number of methoxy groups -OCH3 is 1. The number of esters is 1. The zero-order valence-corrected chi connectivity index (χ0v) is 16.0. The molecule has 0 spiro atoms. The summed E-state index contributed by atoms with van der Waals surface area (Å²) in [6, 6.07) is 14.5. The average molecular weight is 404 g/mol. The second kappa shape index (κ2) is 9.37. The lowest BCUT2D eigenvalue weighted by Gasteiger charge is -2.18. The van der Waals surface area contributed by atoms with Crippen LogP contribution in [-0.4, -0.2) is 25.0 Å². The molecule has 4 nitrogen and oxygen atoms in total. The van der Waals surface area contributed by atoms with Crippen molar-refractivity contribution >= 4 is 27.8 Å². The third-order valence-corrected chi connectivity index (χ3v) is 4.44. The molecule has 5 heteroatoms. The van der Waals surface area contributed by atoms with Crippen LogP contribution in [-0.2, 0) is 9.53 Å². The Hall–Kier alpha value is -2.14. The van der Waals surface area contributed by atoms with Crippen LogP contribution in [0.4, 0.5) is 0 Å². The Labute approximate surface area is 156 Å². The molecule has 0 bridgehead atoms. The van der Waals surface area contributed by atoms with Crippen LogP contribution in [0, 0.1) is 0 Å². The normalized spacial score (nSPS) is 11.6. The topological polar surface area (TPSA) is 55.4 Å². The molecule has 0 saturated carbocycles. The van der Waals surface area contributed by atoms with Crippen molar-refractivity contribution in [2.45, 2.75) is 32.2 Å². The summed E-state index contributed by atoms with van der Waals surface area (Å²) in [6.07, 6.45) is 2.34. The minimum atomic E-state index is -0.635. The van der Waals surface area contributed by atoms with Gasteiger partial charge in [0.15, 0.2) is 0 Å². The molecule has 2 aromatic rings. The Morgan fingerprint density at radius 2 is 1.88 bits per heavy atom. The van der Waals surface area contributed by atoms with E-state index in [0.29, 0.717) is 12.0 Å². The number of benzene rings is 2. The van der Waals surface area contributed by atoms with Gasteiger partial charge in [-0.2, -0.15) is 0 Å². The summed E-state index contributed by atoms with van der Waals surface area (Å²) >= 11 is 3.46. The van der Waals surface area contributed by atoms with Crippen LogP contribution < -0.4 is 5.32 Å². The fourth-order valence-electron chi connectivity index (χ4n) is 2.61. The second-order valence-electron chi connectivity index (χ2n) is 5.75. The van der Waals surface area contributed by atoms with Crippen molar-refractivity contribution in [2.75, 3.05) is 7.11 Å². The number of rotatable bonds is 7. The highest BCUT2D eigenvalue weighted by Crippen LogP contribution is 2.27. The first-order valence-corrected chi connectivity index (χ1v) is 9.09. The first kappa shape index (κ1) is 19.2. The van der Waals surface area contributed by atoms with Gasteiger partial charge in [-0.25, -0.2) is 4.79 Å². The SMILES string of the molecule is CCCC[C@H](NC(=O)c1ccc(Br)cc1-c1ccccc1)C(=O)OC. The molecule has 1 N–H and O–H groups in total. The van der Waals surface area contributed by atoms with Crippen molar-refractivity contribution in [3.63, 3.8) is 0 Å². The summed E-state index contributed by atoms with van der Waals surface area (Å²) in [5, 5.41) is 2.82. The number of nitrogens with one attached hydrogen (secondary N) is 1. The van der Waals surface area contributed by atoms with Crippen LogP contribution in [0.5, 0.6) is 0 Å². The summed E-state index contributed by atoms with van der Waals surface area (Å²) in [7, 11) is 1.34. The standard InChI is InChI=1S/C20H22BrNO3/c1-3-4-10-18(20(24)25-2)22-19(23)16-12-11-15(21)13-17(16)14-8-6-5-7-9-14/h5-9,11-13,18H,3-4,10H2,1-2H3,(H,22,23)/t18-/m0/s1. The molecule has 0 aliphatic rings. The molecule has 2 aromatic carbocycles. The van der Waals surface area contributed by atoms with Gasteiger partial charge in [-0.3, -0.25) is 4.79 Å². The van der Waals surface area contributed by atoms with Gasteiger partial charge in [-0.15, -0.1) is 0 Å². The van der Waals surface area contributed by atoms with Gasteiger partial charge in [0.2, 0.25) is 0 Å². The molecular formula is C20H22BrNO3. The van der Waals surface area contributed by atoms with Gasteiger partial charge in [-0.05, 0) is 35.7 Å². The van der Waals surface area contributed by atoms with Gasteiger partial charge in [0.05, 0.1) is 7.11 Å². The van der Waals surface area contributed by atoms with E-state index >= 15 is 0 Å². The molecule has 132 valence electrons. The molecule has 0 radical (unpaired) electrons. The molecule has 0 aliphatic heterocycles. The number of unbranched alkanes of at least 4 members (excludes halogenated alkanes) is 1. The van der Waals surface area contributed by atoms with Crippen molar-refractivity contribution < 1.29 is 14.3 Å². The first-order valence-electron chi connectivity index (χ1n) is 8.30. The molecule has 0 saturated heterocycles. The number of ether oxygens (including phenoxy) is 1. The van der Waals surface area contributed by atoms with Crippen LogP contribution in [0.15, 0.2) is 53.0 Å². The average Bonchev–Trinajstić information content (AvgIpc) is 2.64. The zero-order valence-electron chi connectivity index (χ0n) is 14.4. The Bertz CT molecular complexity index is 731. The van der Waals surface area contributed by atoms with Gasteiger partial charge >= 0.3 is 5.97 Å². The highest BCUT2D eigenvalue weighted by atomic mass is 79.9. The summed E-state index contributed by atoms with van der Waals surface area (Å²) in [4.78, 5) is 24.8. The number of hydrogen-bond acceptors (Lipinski definition) is 3. The Morgan fingerprint density at radius 1 is 1.16 bits per heavy atom. The van der Waals surface area contributed by atoms with E-state index < -0.39 is 12.0 Å². The lowest BCUT2D eigenvalue weighted by molar-refractivity contribution is -0.143. The van der Waals surface area contributed by atoms with Gasteiger partial charge in [0, 0.05) is 10.0 Å². The van der Waals surface area contributed by atoms with Crippen LogP contribution in [0.2, 0.25) is 0 Å². The van der Waals surface area contributed by atoms with Crippen molar-refractivity contribution in [1.82, 2.24) is 5.32 Å². The van der Waals surface area contributed by atoms with Crippen molar-refractivity contribution in [3.05, 3.63) is 58.6 Å². The second-order valence-corrected chi connectivity index (χ2v) is 6.66. The number of hydrogen-bond donors (Lipinski definition) is 1. The van der Waals surface area contributed by atoms with Gasteiger partial charge in [-0.1, -0.05) is 66.0 Å². The minimum absolute atomic E-state index is 0.280. The third-order valence-electron chi connectivity index (χ3n) is 3.95. The largest absolute Gasteiger partial charge is 0.467 e. The highest BCUT2D eigenvalue weighted by Gasteiger charge is 2.23. The maximum Gasteiger partial charge on any atom is 0.328 e. The predicted octanol–water partition coefficient (Wildman–Crippen LogP) is 4.58. The lowest BCUT2D eigenvalue weighted by Crippen LogP contribution is -2.41. The lowest BCUT2D eigenvalue weighted by atomic mass is 9.98. The quantitative estimate of drug-likeness (QED) is 0.688. The molecule has 2 rings (SSSR count). The van der Waals surface area contributed by atoms with Crippen LogP contribution >= 0.6 is 15.9 Å². The van der Waals surface area contributed by atoms with Crippen LogP contribution in [0.3, 0.4) is 0 Å². The summed E-state index contributed by atoms with van der Waals surface area (Å²) in [5.74, 6) is -0.696. The van der Waals surface area contributed by atoms with E-state index in [1.54, 1.807) is 6.07 Å². The van der Waals surface area contributed by atoms with E-state index in [4.69, 9.17) is 4.74 Å². The monoisotopic (exact) mass is 403 g/mol. The number of amides is 1. The van der Waals surface area contributed by atoms with Gasteiger partial charge in [0.25, 0.3) is 5.91 Å². The summed E-state index contributed by atoms with van der Waals surface area (Å²) in [5.41, 5.74) is 2.28. The highest BCUT2D eigenvalue weighted by molar-refractivity contribution is 9.10. The molecule has 1 atom stereocenters. The van der Waals surface area contributed by atoms with Gasteiger partial charge < -0.3 is 10.1 Å². The van der Waals surface area contributed by atoms with E-state index in [1.807, 2.05) is 49.4 Å². The third kappa shape index (κ3) is 5.16. The minimum Gasteiger partial charge on any atom is -0.467 e. The molecular weight excluding hydrogens is 382 g/mol. The smallest absolute Gasteiger partial charge is 0.328 e. The van der Waals surface area contributed by atoms with E-state index in [2.05, 4.69) is 21.2 Å². The van der Waals surface area contributed by atoms with Gasteiger partial charge in [0.1, 0.15) is 6.04 Å². The molecule has 1 amide bonds. The maximum atomic E-state index is 12.8. The maximum absolute atomic E-state index is 12.8. The fraction of sp³-hybridized carbons (Fsp3) is 0.300. The number of carbonyl (C=O) groups excluding carboxylic acids is 2. The Balaban J connectivity index is 2.30. The Kier molecular flexibility index (Phi) is 7.19. The summed E-state index contributed by atoms with van der Waals surface area (Å²) < 4.78 is 5.71.